The molecule has 7 rings (SSSR count). The molecule has 0 bridgehead atoms. The average molecular weight is 740 g/mol. The maximum absolute atomic E-state index is 12.9. The van der Waals surface area contributed by atoms with Crippen LogP contribution in [-0.2, 0) is 21.8 Å². The summed E-state index contributed by atoms with van der Waals surface area (Å²) in [4.78, 5) is 21.8. The highest BCUT2D eigenvalue weighted by Gasteiger charge is 2.45. The van der Waals surface area contributed by atoms with Crippen LogP contribution in [0.25, 0.3) is 5.69 Å². The summed E-state index contributed by atoms with van der Waals surface area (Å²) in [6.07, 6.45) is 5.20. The molecular formula is C36H41Cl2FN8O4. The van der Waals surface area contributed by atoms with Gasteiger partial charge in [0.05, 0.1) is 23.4 Å². The van der Waals surface area contributed by atoms with Gasteiger partial charge in [-0.15, -0.1) is 0 Å². The number of ether oxygens (including phenoxy) is 3. The van der Waals surface area contributed by atoms with E-state index in [0.717, 1.165) is 55.3 Å². The maximum Gasteiger partial charge on any atom is 0.350 e. The molecule has 5 aromatic rings. The van der Waals surface area contributed by atoms with E-state index < -0.39 is 5.79 Å². The molecule has 4 heterocycles. The van der Waals surface area contributed by atoms with Gasteiger partial charge in [0.25, 0.3) is 0 Å². The standard InChI is InChI=1S/C36H40Cl2N8O4.FH/c1-4-26(3)46-35(47)45(24-41-46)29-8-12-34(25(2)17-29)43-15-13-42(14-16-43)28-6-9-30(10-7-28)48-19-31-20-49-36(50-31,21-44-23-39-22-40-44)32-11-5-27(37)18-33(32)38;/h5-12,17-18,22-24,26,31H,4,13-16,19-21H2,1-3H3;1H/t26?,31?,36-;/m0./s1. The van der Waals surface area contributed by atoms with Crippen molar-refractivity contribution >= 4 is 34.6 Å². The van der Waals surface area contributed by atoms with Crippen LogP contribution < -0.4 is 20.2 Å². The zero-order valence-corrected chi connectivity index (χ0v) is 30.2. The minimum Gasteiger partial charge on any atom is -0.491 e. The Morgan fingerprint density at radius 2 is 1.71 bits per heavy atom. The molecule has 2 aliphatic heterocycles. The predicted octanol–water partition coefficient (Wildman–Crippen LogP) is 6.04. The largest absolute Gasteiger partial charge is 0.491 e. The maximum atomic E-state index is 12.9. The molecule has 0 saturated carbocycles. The van der Waals surface area contributed by atoms with Crippen LogP contribution in [0.3, 0.4) is 0 Å². The SMILES string of the molecule is CCC(C)n1ncn(-c2ccc(N3CCN(c4ccc(OCC5CO[C@](Cn6cncn6)(c6ccc(Cl)cc6Cl)O5)cc4)CC3)c(C)c2)c1=O.F. The van der Waals surface area contributed by atoms with Crippen LogP contribution >= 0.6 is 23.2 Å². The lowest BCUT2D eigenvalue weighted by atomic mass is 10.1. The van der Waals surface area contributed by atoms with Crippen molar-refractivity contribution in [1.82, 2.24) is 29.1 Å². The molecule has 12 nitrogen and oxygen atoms in total. The van der Waals surface area contributed by atoms with Gasteiger partial charge >= 0.3 is 5.69 Å². The smallest absolute Gasteiger partial charge is 0.350 e. The fraction of sp³-hybridized carbons (Fsp3) is 0.389. The molecule has 2 fully saturated rings. The van der Waals surface area contributed by atoms with Crippen molar-refractivity contribution in [1.29, 1.82) is 0 Å². The Balaban J connectivity index is 0.00000448. The zero-order chi connectivity index (χ0) is 34.8. The number of aromatic nitrogens is 6. The number of aryl methyl sites for hydroxylation is 1. The summed E-state index contributed by atoms with van der Waals surface area (Å²) in [7, 11) is 0. The highest BCUT2D eigenvalue weighted by Crippen LogP contribution is 2.40. The van der Waals surface area contributed by atoms with E-state index in [0.29, 0.717) is 28.8 Å². The fourth-order valence-electron chi connectivity index (χ4n) is 6.54. The second kappa shape index (κ2) is 15.4. The van der Waals surface area contributed by atoms with Gasteiger partial charge in [0.2, 0.25) is 5.79 Å². The summed E-state index contributed by atoms with van der Waals surface area (Å²) in [5.74, 6) is -0.411. The van der Waals surface area contributed by atoms with Gasteiger partial charge in [-0.25, -0.2) is 23.7 Å². The first-order valence-corrected chi connectivity index (χ1v) is 17.6. The molecule has 0 amide bonds. The summed E-state index contributed by atoms with van der Waals surface area (Å²) < 4.78 is 23.7. The number of hydrogen-bond donors (Lipinski definition) is 0. The second-order valence-electron chi connectivity index (χ2n) is 12.8. The number of anilines is 2. The molecule has 0 spiro atoms. The Morgan fingerprint density at radius 1 is 0.961 bits per heavy atom. The van der Waals surface area contributed by atoms with Gasteiger partial charge in [0.1, 0.15) is 44.0 Å². The van der Waals surface area contributed by atoms with Crippen LogP contribution in [0.15, 0.2) is 84.4 Å². The number of piperazine rings is 1. The molecular weight excluding hydrogens is 698 g/mol. The van der Waals surface area contributed by atoms with Crippen LogP contribution in [0.1, 0.15) is 37.4 Å². The number of rotatable bonds is 11. The van der Waals surface area contributed by atoms with Gasteiger partial charge in [-0.05, 0) is 80.4 Å². The number of benzene rings is 3. The van der Waals surface area contributed by atoms with E-state index >= 15 is 0 Å². The van der Waals surface area contributed by atoms with E-state index in [2.05, 4.69) is 63.1 Å². The number of nitrogens with zero attached hydrogens (tertiary/aromatic N) is 8. The third kappa shape index (κ3) is 7.62. The van der Waals surface area contributed by atoms with Crippen molar-refractivity contribution in [3.05, 3.63) is 111 Å². The summed E-state index contributed by atoms with van der Waals surface area (Å²) >= 11 is 12.8. The van der Waals surface area contributed by atoms with Crippen molar-refractivity contribution < 1.29 is 18.9 Å². The summed E-state index contributed by atoms with van der Waals surface area (Å²) in [6, 6.07) is 19.7. The van der Waals surface area contributed by atoms with Crippen molar-refractivity contribution in [2.24, 2.45) is 0 Å². The van der Waals surface area contributed by atoms with Crippen molar-refractivity contribution in [2.45, 2.75) is 51.7 Å². The molecule has 2 unspecified atom stereocenters. The fourth-order valence-corrected chi connectivity index (χ4v) is 7.10. The topological polar surface area (TPSA) is 105 Å². The van der Waals surface area contributed by atoms with E-state index in [-0.39, 0.29) is 29.1 Å². The van der Waals surface area contributed by atoms with E-state index in [1.807, 2.05) is 31.2 Å². The van der Waals surface area contributed by atoms with Gasteiger partial charge in [-0.3, -0.25) is 4.70 Å². The minimum atomic E-state index is -1.16. The molecule has 51 heavy (non-hydrogen) atoms. The lowest BCUT2D eigenvalue weighted by molar-refractivity contribution is -0.190. The number of halogens is 3. The third-order valence-electron chi connectivity index (χ3n) is 9.46. The van der Waals surface area contributed by atoms with Crippen molar-refractivity contribution in [2.75, 3.05) is 49.2 Å². The molecule has 3 atom stereocenters. The molecule has 2 aliphatic rings. The Morgan fingerprint density at radius 3 is 2.39 bits per heavy atom. The molecule has 15 heteroatoms. The predicted molar refractivity (Wildman–Crippen MR) is 195 cm³/mol. The van der Waals surface area contributed by atoms with Gasteiger partial charge in [-0.1, -0.05) is 36.2 Å². The molecule has 0 radical (unpaired) electrons. The molecule has 0 N–H and O–H groups in total. The molecule has 2 aromatic heterocycles. The highest BCUT2D eigenvalue weighted by atomic mass is 35.5. The first-order valence-electron chi connectivity index (χ1n) is 16.8. The van der Waals surface area contributed by atoms with Crippen LogP contribution in [0.4, 0.5) is 16.1 Å². The minimum absolute atomic E-state index is 0. The van der Waals surface area contributed by atoms with E-state index in [1.165, 1.54) is 12.0 Å². The Hall–Kier alpha value is -4.43. The van der Waals surface area contributed by atoms with E-state index in [9.17, 15) is 4.79 Å². The lowest BCUT2D eigenvalue weighted by Crippen LogP contribution is -2.46. The molecule has 3 aromatic carbocycles. The molecule has 0 aliphatic carbocycles. The van der Waals surface area contributed by atoms with Crippen molar-refractivity contribution in [3.63, 3.8) is 0 Å². The Kier molecular flexibility index (Phi) is 11.0. The number of hydrogen-bond acceptors (Lipinski definition) is 9. The van der Waals surface area contributed by atoms with Crippen LogP contribution in [0, 0.1) is 6.92 Å². The molecule has 2 saturated heterocycles. The van der Waals surface area contributed by atoms with Gasteiger partial charge < -0.3 is 24.0 Å². The summed E-state index contributed by atoms with van der Waals surface area (Å²) in [5, 5.41) is 9.54. The Bertz CT molecular complexity index is 1980. The molecule has 270 valence electrons. The first-order chi connectivity index (χ1) is 24.2. The van der Waals surface area contributed by atoms with E-state index in [1.54, 1.807) is 38.7 Å². The second-order valence-corrected chi connectivity index (χ2v) is 13.6. The van der Waals surface area contributed by atoms with Gasteiger partial charge in [0.15, 0.2) is 0 Å². The lowest BCUT2D eigenvalue weighted by Gasteiger charge is -2.38. The third-order valence-corrected chi connectivity index (χ3v) is 10.0. The van der Waals surface area contributed by atoms with Gasteiger partial charge in [0, 0.05) is 48.1 Å². The van der Waals surface area contributed by atoms with Crippen LogP contribution in [0.5, 0.6) is 5.75 Å². The average Bonchev–Trinajstić information content (AvgIpc) is 3.88. The highest BCUT2D eigenvalue weighted by molar-refractivity contribution is 6.35. The quantitative estimate of drug-likeness (QED) is 0.161. The first kappa shape index (κ1) is 36.4. The van der Waals surface area contributed by atoms with Gasteiger partial charge in [-0.2, -0.15) is 10.2 Å². The monoisotopic (exact) mass is 738 g/mol. The zero-order valence-electron chi connectivity index (χ0n) is 28.7. The normalized spacial score (nSPS) is 19.6. The Labute approximate surface area is 305 Å². The summed E-state index contributed by atoms with van der Waals surface area (Å²) in [5.41, 5.74) is 4.84. The van der Waals surface area contributed by atoms with Crippen molar-refractivity contribution in [3.8, 4) is 11.4 Å². The van der Waals surface area contributed by atoms with E-state index in [4.69, 9.17) is 37.4 Å². The van der Waals surface area contributed by atoms with Crippen LogP contribution in [0.2, 0.25) is 10.0 Å². The van der Waals surface area contributed by atoms with Crippen LogP contribution in [-0.4, -0.2) is 74.6 Å². The summed E-state index contributed by atoms with van der Waals surface area (Å²) in [6.45, 7) is 10.6.